The molecule has 6 nitrogen and oxygen atoms in total. The van der Waals surface area contributed by atoms with Crippen LogP contribution in [0, 0.1) is 0 Å². The number of aliphatic hydroxyl groups is 1. The highest BCUT2D eigenvalue weighted by Crippen LogP contribution is 1.93. The van der Waals surface area contributed by atoms with E-state index in [4.69, 9.17) is 5.11 Å². The summed E-state index contributed by atoms with van der Waals surface area (Å²) >= 11 is 0. The zero-order valence-corrected chi connectivity index (χ0v) is 8.59. The van der Waals surface area contributed by atoms with Gasteiger partial charge in [0, 0.05) is 25.8 Å². The molecule has 0 radical (unpaired) electrons. The Morgan fingerprint density at radius 3 is 3.00 bits per heavy atom. The Morgan fingerprint density at radius 2 is 2.33 bits per heavy atom. The summed E-state index contributed by atoms with van der Waals surface area (Å²) in [5, 5.41) is 18.7. The fourth-order valence-electron chi connectivity index (χ4n) is 1.15. The number of aromatic nitrogens is 3. The van der Waals surface area contributed by atoms with E-state index < -0.39 is 0 Å². The van der Waals surface area contributed by atoms with Gasteiger partial charge in [-0.15, -0.1) is 5.10 Å². The van der Waals surface area contributed by atoms with E-state index in [2.05, 4.69) is 15.6 Å². The topological polar surface area (TPSA) is 80.0 Å². The van der Waals surface area contributed by atoms with Crippen molar-refractivity contribution >= 4 is 5.91 Å². The van der Waals surface area contributed by atoms with E-state index >= 15 is 0 Å². The van der Waals surface area contributed by atoms with Crippen LogP contribution in [0.2, 0.25) is 0 Å². The highest BCUT2D eigenvalue weighted by molar-refractivity contribution is 5.75. The molecule has 0 aliphatic rings. The van der Waals surface area contributed by atoms with E-state index in [1.807, 2.05) is 0 Å². The van der Waals surface area contributed by atoms with Crippen molar-refractivity contribution in [3.8, 4) is 0 Å². The van der Waals surface area contributed by atoms with Crippen LogP contribution >= 0.6 is 0 Å². The van der Waals surface area contributed by atoms with Crippen molar-refractivity contribution in [2.24, 2.45) is 0 Å². The highest BCUT2D eigenvalue weighted by atomic mass is 16.2. The molecule has 1 aromatic heterocycles. The van der Waals surface area contributed by atoms with Gasteiger partial charge in [-0.05, 0) is 12.8 Å². The zero-order chi connectivity index (χ0) is 10.9. The number of aliphatic hydroxyl groups excluding tert-OH is 1. The van der Waals surface area contributed by atoms with Crippen LogP contribution in [0.3, 0.4) is 0 Å². The van der Waals surface area contributed by atoms with Crippen LogP contribution in [-0.4, -0.2) is 39.2 Å². The standard InChI is InChI=1S/C9H16N4O2/c14-8-2-1-3-9(15)10-4-6-13-7-5-11-12-13/h5,7,14H,1-4,6,8H2,(H,10,15). The highest BCUT2D eigenvalue weighted by Gasteiger charge is 1.99. The maximum absolute atomic E-state index is 11.2. The van der Waals surface area contributed by atoms with Crippen molar-refractivity contribution in [3.05, 3.63) is 12.4 Å². The largest absolute Gasteiger partial charge is 0.396 e. The molecule has 0 unspecified atom stereocenters. The molecule has 0 bridgehead atoms. The van der Waals surface area contributed by atoms with Gasteiger partial charge in [-0.1, -0.05) is 5.21 Å². The molecular formula is C9H16N4O2. The van der Waals surface area contributed by atoms with Crippen LogP contribution in [0.1, 0.15) is 19.3 Å². The number of amides is 1. The molecule has 1 aromatic rings. The average molecular weight is 212 g/mol. The maximum Gasteiger partial charge on any atom is 0.220 e. The fraction of sp³-hybridized carbons (Fsp3) is 0.667. The average Bonchev–Trinajstić information content (AvgIpc) is 2.71. The lowest BCUT2D eigenvalue weighted by Gasteiger charge is -2.04. The zero-order valence-electron chi connectivity index (χ0n) is 8.59. The van der Waals surface area contributed by atoms with Gasteiger partial charge in [-0.2, -0.15) is 0 Å². The molecule has 1 heterocycles. The predicted molar refractivity (Wildman–Crippen MR) is 54.0 cm³/mol. The smallest absolute Gasteiger partial charge is 0.220 e. The van der Waals surface area contributed by atoms with E-state index in [1.54, 1.807) is 17.1 Å². The monoisotopic (exact) mass is 212 g/mol. The first-order valence-corrected chi connectivity index (χ1v) is 5.04. The minimum absolute atomic E-state index is 0.0172. The molecule has 1 amide bonds. The van der Waals surface area contributed by atoms with Crippen LogP contribution in [0.25, 0.3) is 0 Å². The Balaban J connectivity index is 2.02. The number of hydrogen-bond acceptors (Lipinski definition) is 4. The third kappa shape index (κ3) is 5.11. The number of nitrogens with one attached hydrogen (secondary N) is 1. The Bertz CT molecular complexity index is 274. The lowest BCUT2D eigenvalue weighted by Crippen LogP contribution is -2.27. The minimum atomic E-state index is 0.0172. The number of hydrogen-bond donors (Lipinski definition) is 2. The molecular weight excluding hydrogens is 196 g/mol. The summed E-state index contributed by atoms with van der Waals surface area (Å²) in [6.07, 6.45) is 5.22. The number of carbonyl (C=O) groups excluding carboxylic acids is 1. The normalized spacial score (nSPS) is 10.2. The van der Waals surface area contributed by atoms with Gasteiger partial charge in [0.15, 0.2) is 0 Å². The third-order valence-corrected chi connectivity index (χ3v) is 1.95. The second kappa shape index (κ2) is 6.94. The lowest BCUT2D eigenvalue weighted by molar-refractivity contribution is -0.121. The predicted octanol–water partition coefficient (Wildman–Crippen LogP) is -0.443. The van der Waals surface area contributed by atoms with Crippen LogP contribution < -0.4 is 5.32 Å². The number of nitrogens with zero attached hydrogens (tertiary/aromatic N) is 3. The van der Waals surface area contributed by atoms with Crippen molar-refractivity contribution in [2.75, 3.05) is 13.2 Å². The van der Waals surface area contributed by atoms with Gasteiger partial charge in [-0.3, -0.25) is 9.48 Å². The van der Waals surface area contributed by atoms with Gasteiger partial charge < -0.3 is 10.4 Å². The lowest BCUT2D eigenvalue weighted by atomic mass is 10.2. The van der Waals surface area contributed by atoms with Gasteiger partial charge in [0.1, 0.15) is 0 Å². The molecule has 0 spiro atoms. The van der Waals surface area contributed by atoms with Gasteiger partial charge in [0.25, 0.3) is 0 Å². The molecule has 0 aliphatic carbocycles. The molecule has 1 rings (SSSR count). The van der Waals surface area contributed by atoms with Crippen molar-refractivity contribution < 1.29 is 9.90 Å². The molecule has 0 saturated carbocycles. The van der Waals surface area contributed by atoms with Gasteiger partial charge in [0.2, 0.25) is 5.91 Å². The summed E-state index contributed by atoms with van der Waals surface area (Å²) in [5.74, 6) is 0.0172. The van der Waals surface area contributed by atoms with Crippen LogP contribution in [0.15, 0.2) is 12.4 Å². The first-order chi connectivity index (χ1) is 7.33. The number of carbonyl (C=O) groups is 1. The Kier molecular flexibility index (Phi) is 5.39. The first kappa shape index (κ1) is 11.6. The summed E-state index contributed by atoms with van der Waals surface area (Å²) in [4.78, 5) is 11.2. The fourth-order valence-corrected chi connectivity index (χ4v) is 1.15. The van der Waals surface area contributed by atoms with Crippen molar-refractivity contribution in [1.82, 2.24) is 20.3 Å². The molecule has 0 fully saturated rings. The third-order valence-electron chi connectivity index (χ3n) is 1.95. The maximum atomic E-state index is 11.2. The first-order valence-electron chi connectivity index (χ1n) is 5.04. The summed E-state index contributed by atoms with van der Waals surface area (Å²) in [7, 11) is 0. The quantitative estimate of drug-likeness (QED) is 0.600. The Hall–Kier alpha value is -1.43. The second-order valence-corrected chi connectivity index (χ2v) is 3.20. The van der Waals surface area contributed by atoms with E-state index in [0.717, 1.165) is 6.42 Å². The van der Waals surface area contributed by atoms with Crippen molar-refractivity contribution in [1.29, 1.82) is 0 Å². The van der Waals surface area contributed by atoms with Crippen LogP contribution in [-0.2, 0) is 11.3 Å². The molecule has 6 heteroatoms. The van der Waals surface area contributed by atoms with Crippen molar-refractivity contribution in [3.63, 3.8) is 0 Å². The molecule has 0 aliphatic heterocycles. The van der Waals surface area contributed by atoms with E-state index in [1.165, 1.54) is 0 Å². The Labute approximate surface area is 88.3 Å². The molecule has 84 valence electrons. The summed E-state index contributed by atoms with van der Waals surface area (Å²) in [6, 6.07) is 0. The van der Waals surface area contributed by atoms with Gasteiger partial charge in [0.05, 0.1) is 12.7 Å². The summed E-state index contributed by atoms with van der Waals surface area (Å²) in [6.45, 7) is 1.33. The van der Waals surface area contributed by atoms with Gasteiger partial charge in [-0.25, -0.2) is 0 Å². The van der Waals surface area contributed by atoms with Crippen molar-refractivity contribution in [2.45, 2.75) is 25.8 Å². The number of unbranched alkanes of at least 4 members (excludes halogenated alkanes) is 1. The Morgan fingerprint density at radius 1 is 1.47 bits per heavy atom. The van der Waals surface area contributed by atoms with Crippen LogP contribution in [0.4, 0.5) is 0 Å². The SMILES string of the molecule is O=C(CCCCO)NCCn1ccnn1. The molecule has 0 aromatic carbocycles. The molecule has 15 heavy (non-hydrogen) atoms. The molecule has 0 atom stereocenters. The summed E-state index contributed by atoms with van der Waals surface area (Å²) < 4.78 is 1.66. The molecule has 2 N–H and O–H groups in total. The molecule has 0 saturated heterocycles. The second-order valence-electron chi connectivity index (χ2n) is 3.20. The van der Waals surface area contributed by atoms with Crippen LogP contribution in [0.5, 0.6) is 0 Å². The van der Waals surface area contributed by atoms with Gasteiger partial charge >= 0.3 is 0 Å². The minimum Gasteiger partial charge on any atom is -0.396 e. The van der Waals surface area contributed by atoms with E-state index in [-0.39, 0.29) is 12.5 Å². The van der Waals surface area contributed by atoms with E-state index in [0.29, 0.717) is 25.9 Å². The summed E-state index contributed by atoms with van der Waals surface area (Å²) in [5.41, 5.74) is 0. The number of rotatable bonds is 7. The van der Waals surface area contributed by atoms with E-state index in [9.17, 15) is 4.79 Å².